The van der Waals surface area contributed by atoms with Crippen LogP contribution in [-0.4, -0.2) is 27.5 Å². The van der Waals surface area contributed by atoms with Crippen LogP contribution in [0.1, 0.15) is 30.9 Å². The molecule has 0 amide bonds. The van der Waals surface area contributed by atoms with Crippen molar-refractivity contribution in [3.05, 3.63) is 29.3 Å². The lowest BCUT2D eigenvalue weighted by atomic mass is 9.96. The van der Waals surface area contributed by atoms with Crippen molar-refractivity contribution < 1.29 is 8.42 Å². The Morgan fingerprint density at radius 3 is 2.70 bits per heavy atom. The van der Waals surface area contributed by atoms with E-state index in [1.807, 2.05) is 26.0 Å². The Bertz CT molecular complexity index is 561. The summed E-state index contributed by atoms with van der Waals surface area (Å²) in [6, 6.07) is 6.06. The van der Waals surface area contributed by atoms with Crippen LogP contribution in [0.3, 0.4) is 0 Å². The minimum absolute atomic E-state index is 0.381. The topological polar surface area (TPSA) is 58.2 Å². The van der Waals surface area contributed by atoms with Gasteiger partial charge in [0.15, 0.2) is 0 Å². The van der Waals surface area contributed by atoms with Crippen molar-refractivity contribution in [2.75, 3.05) is 13.1 Å². The summed E-state index contributed by atoms with van der Waals surface area (Å²) < 4.78 is 27.5. The van der Waals surface area contributed by atoms with Gasteiger partial charge in [0.1, 0.15) is 0 Å². The molecular weight excluding hydrogens is 272 g/mol. The first-order valence-electron chi connectivity index (χ1n) is 7.19. The Balaban J connectivity index is 2.02. The van der Waals surface area contributed by atoms with Crippen LogP contribution < -0.4 is 10.0 Å². The van der Waals surface area contributed by atoms with Crippen molar-refractivity contribution in [2.45, 2.75) is 44.6 Å². The first-order chi connectivity index (χ1) is 9.38. The number of piperidine rings is 1. The normalized spacial score (nSPS) is 23.8. The van der Waals surface area contributed by atoms with Gasteiger partial charge in [-0.05, 0) is 63.3 Å². The van der Waals surface area contributed by atoms with Crippen molar-refractivity contribution in [3.8, 4) is 0 Å². The molecule has 1 aliphatic rings. The minimum Gasteiger partial charge on any atom is -0.314 e. The van der Waals surface area contributed by atoms with Gasteiger partial charge in [0, 0.05) is 12.6 Å². The van der Waals surface area contributed by atoms with Crippen molar-refractivity contribution >= 4 is 10.0 Å². The van der Waals surface area contributed by atoms with Gasteiger partial charge in [-0.3, -0.25) is 0 Å². The maximum absolute atomic E-state index is 12.4. The van der Waals surface area contributed by atoms with Gasteiger partial charge < -0.3 is 5.32 Å². The summed E-state index contributed by atoms with van der Waals surface area (Å²) in [5.74, 6) is 0.381. The molecule has 0 spiro atoms. The van der Waals surface area contributed by atoms with Crippen LogP contribution in [0.2, 0.25) is 0 Å². The second-order valence-electron chi connectivity index (χ2n) is 5.87. The highest BCUT2D eigenvalue weighted by Crippen LogP contribution is 2.18. The van der Waals surface area contributed by atoms with E-state index in [9.17, 15) is 8.42 Å². The zero-order chi connectivity index (χ0) is 14.8. The summed E-state index contributed by atoms with van der Waals surface area (Å²) in [6.45, 7) is 7.30. The molecule has 1 aliphatic heterocycles. The Morgan fingerprint density at radius 1 is 1.30 bits per heavy atom. The third-order valence-electron chi connectivity index (χ3n) is 3.96. The number of sulfonamides is 1. The van der Waals surface area contributed by atoms with E-state index in [2.05, 4.69) is 17.0 Å². The quantitative estimate of drug-likeness (QED) is 0.893. The molecule has 1 fully saturated rings. The van der Waals surface area contributed by atoms with Gasteiger partial charge in [0.05, 0.1) is 4.90 Å². The average molecular weight is 296 g/mol. The van der Waals surface area contributed by atoms with Crippen LogP contribution in [0, 0.1) is 19.8 Å². The maximum atomic E-state index is 12.4. The van der Waals surface area contributed by atoms with Crippen molar-refractivity contribution in [1.82, 2.24) is 10.0 Å². The van der Waals surface area contributed by atoms with Crippen molar-refractivity contribution in [2.24, 2.45) is 5.92 Å². The van der Waals surface area contributed by atoms with Gasteiger partial charge >= 0.3 is 0 Å². The number of rotatable bonds is 4. The molecule has 0 aliphatic carbocycles. The van der Waals surface area contributed by atoms with Crippen LogP contribution in [0.4, 0.5) is 0 Å². The summed E-state index contributed by atoms with van der Waals surface area (Å²) in [6.07, 6.45) is 2.18. The molecular formula is C15H24N2O2S. The molecule has 0 aromatic heterocycles. The van der Waals surface area contributed by atoms with Crippen molar-refractivity contribution in [1.29, 1.82) is 0 Å². The SMILES string of the molecule is Cc1ccc(C)c(S(=O)(=O)NCC2CCC(C)NC2)c1. The van der Waals surface area contributed by atoms with Crippen LogP contribution in [-0.2, 0) is 10.0 Å². The number of hydrogen-bond acceptors (Lipinski definition) is 3. The lowest BCUT2D eigenvalue weighted by molar-refractivity contribution is 0.323. The highest BCUT2D eigenvalue weighted by atomic mass is 32.2. The fourth-order valence-electron chi connectivity index (χ4n) is 2.53. The Kier molecular flexibility index (Phi) is 4.83. The summed E-state index contributed by atoms with van der Waals surface area (Å²) in [7, 11) is -3.40. The van der Waals surface area contributed by atoms with Gasteiger partial charge in [-0.2, -0.15) is 0 Å². The summed E-state index contributed by atoms with van der Waals surface area (Å²) in [5, 5.41) is 3.39. The largest absolute Gasteiger partial charge is 0.314 e. The molecule has 0 bridgehead atoms. The predicted molar refractivity (Wildman–Crippen MR) is 81.3 cm³/mol. The number of aryl methyl sites for hydroxylation is 2. The first-order valence-corrected chi connectivity index (χ1v) is 8.67. The molecule has 2 atom stereocenters. The molecule has 112 valence electrons. The number of benzene rings is 1. The Labute approximate surface area is 122 Å². The highest BCUT2D eigenvalue weighted by molar-refractivity contribution is 7.89. The van der Waals surface area contributed by atoms with Gasteiger partial charge in [-0.15, -0.1) is 0 Å². The summed E-state index contributed by atoms with van der Waals surface area (Å²) in [4.78, 5) is 0.398. The molecule has 0 radical (unpaired) electrons. The molecule has 1 saturated heterocycles. The van der Waals surface area contributed by atoms with E-state index < -0.39 is 10.0 Å². The van der Waals surface area contributed by atoms with E-state index >= 15 is 0 Å². The van der Waals surface area contributed by atoms with Crippen LogP contribution in [0.15, 0.2) is 23.1 Å². The van der Waals surface area contributed by atoms with E-state index in [1.54, 1.807) is 6.07 Å². The standard InChI is InChI=1S/C15H24N2O2S/c1-11-4-5-12(2)15(8-11)20(18,19)17-10-14-7-6-13(3)16-9-14/h4-5,8,13-14,16-17H,6-7,9-10H2,1-3H3. The molecule has 5 heteroatoms. The average Bonchev–Trinajstić information content (AvgIpc) is 2.41. The molecule has 2 unspecified atom stereocenters. The van der Waals surface area contributed by atoms with E-state index in [0.29, 0.717) is 23.4 Å². The second kappa shape index (κ2) is 6.24. The summed E-state index contributed by atoms with van der Waals surface area (Å²) >= 11 is 0. The molecule has 1 aromatic carbocycles. The van der Waals surface area contributed by atoms with E-state index in [4.69, 9.17) is 0 Å². The predicted octanol–water partition coefficient (Wildman–Crippen LogP) is 1.97. The Hall–Kier alpha value is -0.910. The molecule has 4 nitrogen and oxygen atoms in total. The lowest BCUT2D eigenvalue weighted by Gasteiger charge is -2.27. The monoisotopic (exact) mass is 296 g/mol. The van der Waals surface area contributed by atoms with Gasteiger partial charge in [-0.25, -0.2) is 13.1 Å². The molecule has 2 N–H and O–H groups in total. The lowest BCUT2D eigenvalue weighted by Crippen LogP contribution is -2.42. The molecule has 2 rings (SSSR count). The first kappa shape index (κ1) is 15.5. The van der Waals surface area contributed by atoms with E-state index in [-0.39, 0.29) is 0 Å². The minimum atomic E-state index is -3.40. The van der Waals surface area contributed by atoms with E-state index in [0.717, 1.165) is 30.5 Å². The molecule has 1 heterocycles. The van der Waals surface area contributed by atoms with E-state index in [1.165, 1.54) is 0 Å². The Morgan fingerprint density at radius 2 is 2.05 bits per heavy atom. The second-order valence-corrected chi connectivity index (χ2v) is 7.61. The third-order valence-corrected chi connectivity index (χ3v) is 5.52. The smallest absolute Gasteiger partial charge is 0.240 e. The molecule has 1 aromatic rings. The fourth-order valence-corrected chi connectivity index (χ4v) is 3.98. The highest BCUT2D eigenvalue weighted by Gasteiger charge is 2.21. The molecule has 20 heavy (non-hydrogen) atoms. The van der Waals surface area contributed by atoms with Crippen LogP contribution in [0.5, 0.6) is 0 Å². The molecule has 0 saturated carbocycles. The fraction of sp³-hybridized carbons (Fsp3) is 0.600. The van der Waals surface area contributed by atoms with Crippen molar-refractivity contribution in [3.63, 3.8) is 0 Å². The maximum Gasteiger partial charge on any atom is 0.240 e. The van der Waals surface area contributed by atoms with Gasteiger partial charge in [0.2, 0.25) is 10.0 Å². The van der Waals surface area contributed by atoms with Crippen LogP contribution in [0.25, 0.3) is 0 Å². The third kappa shape index (κ3) is 3.81. The zero-order valence-corrected chi connectivity index (χ0v) is 13.3. The van der Waals surface area contributed by atoms with Gasteiger partial charge in [0.25, 0.3) is 0 Å². The zero-order valence-electron chi connectivity index (χ0n) is 12.4. The number of hydrogen-bond donors (Lipinski definition) is 2. The summed E-state index contributed by atoms with van der Waals surface area (Å²) in [5.41, 5.74) is 1.75. The van der Waals surface area contributed by atoms with Gasteiger partial charge in [-0.1, -0.05) is 12.1 Å². The van der Waals surface area contributed by atoms with Crippen LogP contribution >= 0.6 is 0 Å². The number of nitrogens with one attached hydrogen (secondary N) is 2.